The third-order valence-corrected chi connectivity index (χ3v) is 4.35. The second-order valence-electron chi connectivity index (χ2n) is 6.43. The van der Waals surface area contributed by atoms with Gasteiger partial charge < -0.3 is 20.2 Å². The van der Waals surface area contributed by atoms with E-state index < -0.39 is 16.7 Å². The summed E-state index contributed by atoms with van der Waals surface area (Å²) >= 11 is 0. The molecule has 0 atom stereocenters. The Kier molecular flexibility index (Phi) is 6.01. The van der Waals surface area contributed by atoms with Crippen LogP contribution in [0.25, 0.3) is 0 Å². The third kappa shape index (κ3) is 5.44. The monoisotopic (exact) mass is 413 g/mol. The summed E-state index contributed by atoms with van der Waals surface area (Å²) in [5.41, 5.74) is -0.190. The zero-order valence-electron chi connectivity index (χ0n) is 15.2. The van der Waals surface area contributed by atoms with Gasteiger partial charge in [-0.05, 0) is 22.6 Å². The zero-order chi connectivity index (χ0) is 21.0. The number of benzene rings is 1. The number of ether oxygens (including phenoxy) is 1. The molecule has 0 fully saturated rings. The highest BCUT2D eigenvalue weighted by atomic mass is 19.4. The third-order valence-electron chi connectivity index (χ3n) is 4.35. The van der Waals surface area contributed by atoms with Crippen molar-refractivity contribution in [3.8, 4) is 6.01 Å². The topological polar surface area (TPSA) is 103 Å². The summed E-state index contributed by atoms with van der Waals surface area (Å²) in [6.45, 7) is 1.63. The van der Waals surface area contributed by atoms with Gasteiger partial charge >= 0.3 is 18.0 Å². The molecule has 1 aromatic carbocycles. The van der Waals surface area contributed by atoms with Gasteiger partial charge in [0.2, 0.25) is 5.91 Å². The van der Waals surface area contributed by atoms with Crippen molar-refractivity contribution in [1.29, 1.82) is 0 Å². The number of hydrogen-bond acceptors (Lipinski definition) is 6. The van der Waals surface area contributed by atoms with Crippen LogP contribution >= 0.6 is 0 Å². The smallest absolute Gasteiger partial charge is 0.416 e. The lowest BCUT2D eigenvalue weighted by Gasteiger charge is -2.23. The van der Waals surface area contributed by atoms with Crippen molar-refractivity contribution in [2.45, 2.75) is 19.3 Å². The molecule has 1 aliphatic heterocycles. The first kappa shape index (κ1) is 20.6. The molecule has 12 heteroatoms. The maximum atomic E-state index is 12.6. The van der Waals surface area contributed by atoms with Gasteiger partial charge in [-0.25, -0.2) is 0 Å². The molecule has 2 aromatic rings. The Morgan fingerprint density at radius 2 is 1.97 bits per heavy atom. The van der Waals surface area contributed by atoms with Crippen molar-refractivity contribution in [1.82, 2.24) is 19.8 Å². The SMILES string of the molecule is O=C(CN1CCOc2nc([N+](=O)[O-])cn2CC1)NCc1ccc(C(F)(F)F)cc1. The van der Waals surface area contributed by atoms with E-state index >= 15 is 0 Å². The lowest BCUT2D eigenvalue weighted by molar-refractivity contribution is -0.389. The first-order valence-electron chi connectivity index (χ1n) is 8.72. The molecule has 0 saturated carbocycles. The number of aromatic nitrogens is 2. The highest BCUT2D eigenvalue weighted by Gasteiger charge is 2.30. The fourth-order valence-corrected chi connectivity index (χ4v) is 2.81. The number of rotatable bonds is 5. The molecule has 1 aromatic heterocycles. The van der Waals surface area contributed by atoms with E-state index in [9.17, 15) is 28.1 Å². The lowest BCUT2D eigenvalue weighted by atomic mass is 10.1. The average Bonchev–Trinajstić information content (AvgIpc) is 3.04. The minimum Gasteiger partial charge on any atom is -0.444 e. The van der Waals surface area contributed by atoms with Crippen LogP contribution in [0.1, 0.15) is 11.1 Å². The van der Waals surface area contributed by atoms with Crippen LogP contribution in [-0.4, -0.2) is 51.5 Å². The number of fused-ring (bicyclic) bond motifs is 1. The predicted octanol–water partition coefficient (Wildman–Crippen LogP) is 1.82. The highest BCUT2D eigenvalue weighted by Crippen LogP contribution is 2.29. The quantitative estimate of drug-likeness (QED) is 0.593. The number of nitro groups is 1. The number of imidazole rings is 1. The molecule has 0 saturated heterocycles. The Morgan fingerprint density at radius 1 is 1.24 bits per heavy atom. The van der Waals surface area contributed by atoms with E-state index in [1.807, 2.05) is 4.90 Å². The number of nitrogens with one attached hydrogen (secondary N) is 1. The molecule has 0 spiro atoms. The first-order valence-corrected chi connectivity index (χ1v) is 8.72. The van der Waals surface area contributed by atoms with Crippen molar-refractivity contribution < 1.29 is 27.6 Å². The number of carbonyl (C=O) groups is 1. The molecule has 3 rings (SSSR count). The van der Waals surface area contributed by atoms with Crippen LogP contribution in [0.5, 0.6) is 6.01 Å². The molecule has 1 N–H and O–H groups in total. The Balaban J connectivity index is 1.49. The van der Waals surface area contributed by atoms with Crippen molar-refractivity contribution in [3.63, 3.8) is 0 Å². The maximum Gasteiger partial charge on any atom is 0.416 e. The molecule has 0 radical (unpaired) electrons. The Hall–Kier alpha value is -3.15. The molecule has 29 heavy (non-hydrogen) atoms. The van der Waals surface area contributed by atoms with Crippen LogP contribution in [0.2, 0.25) is 0 Å². The van der Waals surface area contributed by atoms with E-state index in [4.69, 9.17) is 4.74 Å². The van der Waals surface area contributed by atoms with Crippen molar-refractivity contribution in [2.75, 3.05) is 26.2 Å². The lowest BCUT2D eigenvalue weighted by Crippen LogP contribution is -2.41. The Morgan fingerprint density at radius 3 is 2.62 bits per heavy atom. The average molecular weight is 413 g/mol. The zero-order valence-corrected chi connectivity index (χ0v) is 15.2. The molecule has 0 unspecified atom stereocenters. The van der Waals surface area contributed by atoms with E-state index in [-0.39, 0.29) is 37.4 Å². The summed E-state index contributed by atoms with van der Waals surface area (Å²) < 4.78 is 44.6. The summed E-state index contributed by atoms with van der Waals surface area (Å²) in [4.78, 5) is 28.0. The minimum absolute atomic E-state index is 0.0656. The summed E-state index contributed by atoms with van der Waals surface area (Å²) in [6.07, 6.45) is -3.12. The predicted molar refractivity (Wildman–Crippen MR) is 94.1 cm³/mol. The molecular weight excluding hydrogens is 395 g/mol. The molecular formula is C17H18F3N5O4. The number of alkyl halides is 3. The summed E-state index contributed by atoms with van der Waals surface area (Å²) in [6, 6.07) is 4.75. The Bertz CT molecular complexity index is 882. The summed E-state index contributed by atoms with van der Waals surface area (Å²) in [5.74, 6) is -0.593. The summed E-state index contributed by atoms with van der Waals surface area (Å²) in [7, 11) is 0. The van der Waals surface area contributed by atoms with E-state index in [0.29, 0.717) is 25.2 Å². The summed E-state index contributed by atoms with van der Waals surface area (Å²) in [5, 5.41) is 13.5. The van der Waals surface area contributed by atoms with Gasteiger partial charge in [0.25, 0.3) is 0 Å². The van der Waals surface area contributed by atoms with Gasteiger partial charge in [0.15, 0.2) is 0 Å². The van der Waals surface area contributed by atoms with Crippen LogP contribution in [0.4, 0.5) is 19.0 Å². The first-order chi connectivity index (χ1) is 13.7. The second kappa shape index (κ2) is 8.47. The normalized spacial score (nSPS) is 15.0. The van der Waals surface area contributed by atoms with Crippen LogP contribution in [0.3, 0.4) is 0 Å². The van der Waals surface area contributed by atoms with Crippen molar-refractivity contribution >= 4 is 11.7 Å². The number of amides is 1. The van der Waals surface area contributed by atoms with Gasteiger partial charge in [0.05, 0.1) is 12.1 Å². The van der Waals surface area contributed by atoms with Crippen molar-refractivity contribution in [3.05, 3.63) is 51.7 Å². The van der Waals surface area contributed by atoms with Crippen LogP contribution < -0.4 is 10.1 Å². The van der Waals surface area contributed by atoms with Crippen LogP contribution in [0, 0.1) is 10.1 Å². The molecule has 2 heterocycles. The largest absolute Gasteiger partial charge is 0.444 e. The standard InChI is InChI=1S/C17H18F3N5O4/c18-17(19,20)13-3-1-12(2-4-13)9-21-15(26)11-23-5-6-24-10-14(25(27)28)22-16(24)29-8-7-23/h1-4,10H,5-9,11H2,(H,21,26). The van der Waals surface area contributed by atoms with E-state index in [0.717, 1.165) is 12.1 Å². The molecule has 1 aliphatic rings. The van der Waals surface area contributed by atoms with Gasteiger partial charge in [-0.1, -0.05) is 12.1 Å². The minimum atomic E-state index is -4.40. The number of hydrogen-bond donors (Lipinski definition) is 1. The maximum absolute atomic E-state index is 12.6. The fraction of sp³-hybridized carbons (Fsp3) is 0.412. The molecule has 9 nitrogen and oxygen atoms in total. The van der Waals surface area contributed by atoms with Gasteiger partial charge in [0.1, 0.15) is 12.8 Å². The molecule has 0 aliphatic carbocycles. The fourth-order valence-electron chi connectivity index (χ4n) is 2.81. The van der Waals surface area contributed by atoms with Crippen LogP contribution in [0.15, 0.2) is 30.5 Å². The second-order valence-corrected chi connectivity index (χ2v) is 6.43. The van der Waals surface area contributed by atoms with Gasteiger partial charge in [-0.2, -0.15) is 13.2 Å². The van der Waals surface area contributed by atoms with E-state index in [1.54, 1.807) is 0 Å². The van der Waals surface area contributed by atoms with E-state index in [1.165, 1.54) is 22.9 Å². The van der Waals surface area contributed by atoms with E-state index in [2.05, 4.69) is 10.3 Å². The van der Waals surface area contributed by atoms with Gasteiger partial charge in [0, 0.05) is 31.2 Å². The van der Waals surface area contributed by atoms with Crippen molar-refractivity contribution in [2.24, 2.45) is 0 Å². The molecule has 1 amide bonds. The molecule has 156 valence electrons. The number of nitrogens with zero attached hydrogens (tertiary/aromatic N) is 4. The number of halogens is 3. The van der Waals surface area contributed by atoms with Crippen LogP contribution in [-0.2, 0) is 24.1 Å². The van der Waals surface area contributed by atoms with Gasteiger partial charge in [-0.15, -0.1) is 0 Å². The number of carbonyl (C=O) groups excluding carboxylic acids is 1. The molecule has 0 bridgehead atoms. The Labute approximate surface area is 163 Å². The highest BCUT2D eigenvalue weighted by molar-refractivity contribution is 5.78. The van der Waals surface area contributed by atoms with Gasteiger partial charge in [-0.3, -0.25) is 14.3 Å².